The minimum atomic E-state index is -1.07. The summed E-state index contributed by atoms with van der Waals surface area (Å²) in [7, 11) is 0. The molecule has 2 aromatic carbocycles. The van der Waals surface area contributed by atoms with Crippen LogP contribution in [0.2, 0.25) is 0 Å². The third-order valence-corrected chi connectivity index (χ3v) is 7.15. The lowest BCUT2D eigenvalue weighted by Crippen LogP contribution is -2.27. The number of carboxylic acids is 1. The van der Waals surface area contributed by atoms with Gasteiger partial charge < -0.3 is 5.11 Å². The number of carbonyl (C=O) groups is 3. The second kappa shape index (κ2) is 10.4. The van der Waals surface area contributed by atoms with Crippen molar-refractivity contribution in [3.05, 3.63) is 99.0 Å². The molecule has 9 heteroatoms. The second-order valence-electron chi connectivity index (χ2n) is 8.81. The van der Waals surface area contributed by atoms with Crippen LogP contribution < -0.4 is 0 Å². The zero-order valence-corrected chi connectivity index (χ0v) is 21.8. The first-order valence-corrected chi connectivity index (χ1v) is 12.8. The topological polar surface area (TPSA) is 99.4 Å². The van der Waals surface area contributed by atoms with Crippen molar-refractivity contribution < 1.29 is 19.5 Å². The van der Waals surface area contributed by atoms with Crippen molar-refractivity contribution in [2.24, 2.45) is 16.0 Å². The van der Waals surface area contributed by atoms with Crippen molar-refractivity contribution in [2.45, 2.75) is 25.3 Å². The first kappa shape index (κ1) is 25.0. The van der Waals surface area contributed by atoms with E-state index in [-0.39, 0.29) is 25.2 Å². The summed E-state index contributed by atoms with van der Waals surface area (Å²) in [5.41, 5.74) is 3.73. The van der Waals surface area contributed by atoms with Gasteiger partial charge in [0.1, 0.15) is 0 Å². The maximum Gasteiger partial charge on any atom is 0.303 e. The van der Waals surface area contributed by atoms with Gasteiger partial charge in [-0.05, 0) is 41.0 Å². The maximum absolute atomic E-state index is 13.5. The van der Waals surface area contributed by atoms with E-state index in [0.29, 0.717) is 22.0 Å². The Hall–Kier alpha value is -3.62. The summed E-state index contributed by atoms with van der Waals surface area (Å²) in [5.74, 6) is -2.28. The molecule has 0 saturated carbocycles. The lowest BCUT2D eigenvalue weighted by molar-refractivity contribution is -0.141. The first-order valence-electron chi connectivity index (χ1n) is 11.7. The van der Waals surface area contributed by atoms with Crippen molar-refractivity contribution in [3.63, 3.8) is 0 Å². The Morgan fingerprint density at radius 2 is 1.86 bits per heavy atom. The van der Waals surface area contributed by atoms with E-state index in [1.807, 2.05) is 60.7 Å². The molecular weight excluding hydrogens is 558 g/mol. The number of aliphatic imine (C=N–C) groups is 1. The fourth-order valence-electron chi connectivity index (χ4n) is 4.76. The lowest BCUT2D eigenvalue weighted by Gasteiger charge is -2.27. The number of allylic oxidation sites excluding steroid dienone is 5. The van der Waals surface area contributed by atoms with E-state index in [1.54, 1.807) is 12.2 Å². The summed E-state index contributed by atoms with van der Waals surface area (Å²) in [4.78, 5) is 42.1. The molecule has 2 heterocycles. The Kier molecular flexibility index (Phi) is 7.04. The number of aliphatic carboxylic acids is 1. The summed E-state index contributed by atoms with van der Waals surface area (Å²) < 4.78 is 0.831. The van der Waals surface area contributed by atoms with Gasteiger partial charge in [0.15, 0.2) is 0 Å². The van der Waals surface area contributed by atoms with E-state index >= 15 is 0 Å². The standard InChI is InChI=1S/C28H21BrClN3O4/c29-18-8-4-7-17(13-18)23-15-22(32-33(23)24(34)11-12-25(35)36)27-26(16-5-2-1-3-6-16)20-14-19(30)9-10-21(20)31-28(27)37/h1-10,13-14,20,23H,11-12,15H2,(H,35,36). The summed E-state index contributed by atoms with van der Waals surface area (Å²) in [5, 5.41) is 15.6. The van der Waals surface area contributed by atoms with Crippen LogP contribution in [0, 0.1) is 5.92 Å². The highest BCUT2D eigenvalue weighted by Gasteiger charge is 2.40. The number of nitrogens with zero attached hydrogens (tertiary/aromatic N) is 3. The van der Waals surface area contributed by atoms with Crippen LogP contribution in [0.3, 0.4) is 0 Å². The fourth-order valence-corrected chi connectivity index (χ4v) is 5.37. The quantitative estimate of drug-likeness (QED) is 0.476. The molecule has 2 aromatic rings. The number of hydrogen-bond donors (Lipinski definition) is 1. The van der Waals surface area contributed by atoms with E-state index in [1.165, 1.54) is 5.01 Å². The molecule has 0 radical (unpaired) electrons. The van der Waals surface area contributed by atoms with Crippen molar-refractivity contribution in [2.75, 3.05) is 0 Å². The van der Waals surface area contributed by atoms with Gasteiger partial charge in [0.2, 0.25) is 5.91 Å². The zero-order valence-electron chi connectivity index (χ0n) is 19.5. The first-order chi connectivity index (χ1) is 17.8. The number of carboxylic acid groups (broad SMARTS) is 1. The van der Waals surface area contributed by atoms with Crippen LogP contribution in [-0.4, -0.2) is 39.3 Å². The average Bonchev–Trinajstić information content (AvgIpc) is 3.32. The molecule has 7 nitrogen and oxygen atoms in total. The average molecular weight is 579 g/mol. The number of fused-ring (bicyclic) bond motifs is 1. The van der Waals surface area contributed by atoms with Gasteiger partial charge in [-0.25, -0.2) is 10.0 Å². The Bertz CT molecular complexity index is 1460. The second-order valence-corrected chi connectivity index (χ2v) is 10.2. The number of amides is 2. The van der Waals surface area contributed by atoms with Gasteiger partial charge in [0.25, 0.3) is 5.91 Å². The molecule has 37 heavy (non-hydrogen) atoms. The van der Waals surface area contributed by atoms with Gasteiger partial charge >= 0.3 is 5.97 Å². The smallest absolute Gasteiger partial charge is 0.303 e. The molecule has 2 atom stereocenters. The molecule has 1 aliphatic carbocycles. The number of benzene rings is 2. The van der Waals surface area contributed by atoms with Gasteiger partial charge in [-0.3, -0.25) is 14.4 Å². The largest absolute Gasteiger partial charge is 0.481 e. The van der Waals surface area contributed by atoms with E-state index < -0.39 is 23.8 Å². The van der Waals surface area contributed by atoms with E-state index in [9.17, 15) is 14.4 Å². The molecule has 3 aliphatic rings. The van der Waals surface area contributed by atoms with Crippen LogP contribution in [0.25, 0.3) is 5.57 Å². The Morgan fingerprint density at radius 1 is 1.08 bits per heavy atom. The van der Waals surface area contributed by atoms with Crippen LogP contribution in [0.1, 0.15) is 36.4 Å². The molecule has 2 unspecified atom stereocenters. The zero-order chi connectivity index (χ0) is 26.1. The number of carbonyl (C=O) groups excluding carboxylic acids is 2. The Balaban J connectivity index is 1.64. The predicted molar refractivity (Wildman–Crippen MR) is 145 cm³/mol. The third kappa shape index (κ3) is 5.12. The highest BCUT2D eigenvalue weighted by molar-refractivity contribution is 9.10. The molecule has 0 spiro atoms. The Morgan fingerprint density at radius 3 is 2.59 bits per heavy atom. The van der Waals surface area contributed by atoms with Gasteiger partial charge in [0, 0.05) is 28.3 Å². The normalized spacial score (nSPS) is 20.9. The summed E-state index contributed by atoms with van der Waals surface area (Å²) in [6.45, 7) is 0. The van der Waals surface area contributed by atoms with Crippen molar-refractivity contribution in [3.8, 4) is 0 Å². The molecule has 0 fully saturated rings. The minimum absolute atomic E-state index is 0.205. The van der Waals surface area contributed by atoms with Crippen molar-refractivity contribution >= 4 is 62.3 Å². The number of hydrazone groups is 1. The van der Waals surface area contributed by atoms with Crippen LogP contribution in [0.15, 0.2) is 98.0 Å². The van der Waals surface area contributed by atoms with Crippen LogP contribution in [0.5, 0.6) is 0 Å². The number of dihydropyridines is 1. The van der Waals surface area contributed by atoms with Gasteiger partial charge in [-0.15, -0.1) is 0 Å². The number of hydrogen-bond acceptors (Lipinski definition) is 4. The SMILES string of the molecule is O=C(O)CCC(=O)N1N=C(C2=C(c3ccccc3)C3C=C(Cl)C=CC3=NC2=O)CC1c1cccc(Br)c1. The molecule has 0 bridgehead atoms. The van der Waals surface area contributed by atoms with Gasteiger partial charge in [0.05, 0.1) is 29.5 Å². The van der Waals surface area contributed by atoms with Gasteiger partial charge in [-0.1, -0.05) is 76.1 Å². The van der Waals surface area contributed by atoms with Crippen molar-refractivity contribution in [1.82, 2.24) is 5.01 Å². The maximum atomic E-state index is 13.5. The predicted octanol–water partition coefficient (Wildman–Crippen LogP) is 5.69. The molecule has 1 N–H and O–H groups in total. The highest BCUT2D eigenvalue weighted by Crippen LogP contribution is 2.41. The van der Waals surface area contributed by atoms with E-state index in [0.717, 1.165) is 21.2 Å². The minimum Gasteiger partial charge on any atom is -0.481 e. The fraction of sp³-hybridized carbons (Fsp3) is 0.179. The lowest BCUT2D eigenvalue weighted by atomic mass is 9.79. The van der Waals surface area contributed by atoms with Crippen LogP contribution >= 0.6 is 27.5 Å². The summed E-state index contributed by atoms with van der Waals surface area (Å²) >= 11 is 9.83. The summed E-state index contributed by atoms with van der Waals surface area (Å²) in [6, 6.07) is 16.5. The van der Waals surface area contributed by atoms with Crippen LogP contribution in [0.4, 0.5) is 0 Å². The van der Waals surface area contributed by atoms with Crippen molar-refractivity contribution in [1.29, 1.82) is 0 Å². The third-order valence-electron chi connectivity index (χ3n) is 6.41. The Labute approximate surface area is 226 Å². The monoisotopic (exact) mass is 577 g/mol. The summed E-state index contributed by atoms with van der Waals surface area (Å²) in [6.07, 6.45) is 5.06. The van der Waals surface area contributed by atoms with Crippen LogP contribution in [-0.2, 0) is 14.4 Å². The molecular formula is C28H21BrClN3O4. The molecule has 0 aromatic heterocycles. The van der Waals surface area contributed by atoms with E-state index in [4.69, 9.17) is 16.7 Å². The number of halogens is 2. The molecule has 186 valence electrons. The number of rotatable bonds is 6. The van der Waals surface area contributed by atoms with E-state index in [2.05, 4.69) is 26.0 Å². The molecule has 5 rings (SSSR count). The van der Waals surface area contributed by atoms with Gasteiger partial charge in [-0.2, -0.15) is 5.10 Å². The molecule has 2 aliphatic heterocycles. The molecule has 0 saturated heterocycles. The highest BCUT2D eigenvalue weighted by atomic mass is 79.9. The molecule has 2 amide bonds.